The molecule has 0 saturated carbocycles. The normalized spacial score (nSPS) is 9.21. The number of esters is 1. The molecule has 0 amide bonds. The Morgan fingerprint density at radius 2 is 2.29 bits per heavy atom. The Morgan fingerprint density at radius 1 is 1.64 bits per heavy atom. The minimum absolute atomic E-state index is 0.0117. The molecule has 0 aliphatic heterocycles. The quantitative estimate of drug-likeness (QED) is 0.650. The number of hydrogen-bond donors (Lipinski definition) is 1. The zero-order chi connectivity index (χ0) is 10.7. The number of hydrogen-bond acceptors (Lipinski definition) is 4. The highest BCUT2D eigenvalue weighted by Crippen LogP contribution is 2.03. The number of nitrogens with one attached hydrogen (secondary N) is 1. The molecule has 72 valence electrons. The highest BCUT2D eigenvalue weighted by molar-refractivity contribution is 5.87. The summed E-state index contributed by atoms with van der Waals surface area (Å²) in [7, 11) is 1.22. The number of carbonyl (C=O) groups is 1. The van der Waals surface area contributed by atoms with Crippen LogP contribution in [0.5, 0.6) is 0 Å². The highest BCUT2D eigenvalue weighted by atomic mass is 16.5. The first-order valence-electron chi connectivity index (χ1n) is 3.82. The molecule has 14 heavy (non-hydrogen) atoms. The summed E-state index contributed by atoms with van der Waals surface area (Å²) >= 11 is 0. The van der Waals surface area contributed by atoms with Crippen molar-refractivity contribution in [1.29, 1.82) is 5.26 Å². The molecule has 5 nitrogen and oxygen atoms in total. The number of aromatic nitrogens is 1. The molecule has 1 N–H and O–H groups in total. The van der Waals surface area contributed by atoms with Gasteiger partial charge in [0, 0.05) is 0 Å². The van der Waals surface area contributed by atoms with E-state index in [1.165, 1.54) is 13.2 Å². The van der Waals surface area contributed by atoms with E-state index in [1.54, 1.807) is 13.0 Å². The Bertz CT molecular complexity index is 468. The van der Waals surface area contributed by atoms with Gasteiger partial charge >= 0.3 is 5.97 Å². The van der Waals surface area contributed by atoms with Gasteiger partial charge in [0.1, 0.15) is 17.3 Å². The maximum absolute atomic E-state index is 11.2. The number of methoxy groups -OCH3 is 1. The summed E-state index contributed by atoms with van der Waals surface area (Å²) < 4.78 is 4.43. The van der Waals surface area contributed by atoms with Crippen LogP contribution in [-0.4, -0.2) is 18.1 Å². The molecular weight excluding hydrogens is 184 g/mol. The number of carbonyl (C=O) groups excluding carboxylic acids is 1. The molecule has 0 fully saturated rings. The Labute approximate surface area is 79.9 Å². The lowest BCUT2D eigenvalue weighted by atomic mass is 10.1. The van der Waals surface area contributed by atoms with Crippen LogP contribution in [0, 0.1) is 18.3 Å². The second-order valence-corrected chi connectivity index (χ2v) is 2.67. The standard InChI is InChI=1S/C9H8N2O3/c1-5-3-7(9(13)14-2)11-8(12)6(5)4-10/h3H,1-2H3,(H,11,12). The van der Waals surface area contributed by atoms with Crippen molar-refractivity contribution in [1.82, 2.24) is 4.98 Å². The summed E-state index contributed by atoms with van der Waals surface area (Å²) in [5.74, 6) is -0.630. The van der Waals surface area contributed by atoms with Crippen molar-refractivity contribution in [3.8, 4) is 6.07 Å². The van der Waals surface area contributed by atoms with Crippen LogP contribution < -0.4 is 5.56 Å². The first-order valence-corrected chi connectivity index (χ1v) is 3.82. The van der Waals surface area contributed by atoms with Crippen molar-refractivity contribution < 1.29 is 9.53 Å². The van der Waals surface area contributed by atoms with Gasteiger partial charge in [-0.1, -0.05) is 0 Å². The number of aromatic amines is 1. The summed E-state index contributed by atoms with van der Waals surface area (Å²) in [5.41, 5.74) is -0.0591. The molecule has 0 radical (unpaired) electrons. The predicted molar refractivity (Wildman–Crippen MR) is 47.9 cm³/mol. The van der Waals surface area contributed by atoms with Gasteiger partial charge in [-0.3, -0.25) is 4.79 Å². The Morgan fingerprint density at radius 3 is 2.71 bits per heavy atom. The minimum atomic E-state index is -0.630. The van der Waals surface area contributed by atoms with Crippen LogP contribution in [0.15, 0.2) is 10.9 Å². The first-order chi connectivity index (χ1) is 6.60. The maximum atomic E-state index is 11.2. The zero-order valence-corrected chi connectivity index (χ0v) is 7.75. The number of nitriles is 1. The summed E-state index contributed by atoms with van der Waals surface area (Å²) in [5, 5.41) is 8.60. The SMILES string of the molecule is COC(=O)c1cc(C)c(C#N)c(=O)[nH]1. The summed E-state index contributed by atoms with van der Waals surface area (Å²) in [4.78, 5) is 24.5. The van der Waals surface area contributed by atoms with E-state index < -0.39 is 11.5 Å². The summed E-state index contributed by atoms with van der Waals surface area (Å²) in [6.45, 7) is 1.58. The molecule has 0 aliphatic rings. The van der Waals surface area contributed by atoms with E-state index >= 15 is 0 Å². The lowest BCUT2D eigenvalue weighted by Gasteiger charge is -2.01. The van der Waals surface area contributed by atoms with Crippen molar-refractivity contribution >= 4 is 5.97 Å². The van der Waals surface area contributed by atoms with Crippen LogP contribution >= 0.6 is 0 Å². The Balaban J connectivity index is 3.37. The molecule has 0 atom stereocenters. The van der Waals surface area contributed by atoms with E-state index in [0.29, 0.717) is 5.56 Å². The number of H-pyrrole nitrogens is 1. The van der Waals surface area contributed by atoms with Crippen LogP contribution in [0.25, 0.3) is 0 Å². The molecule has 1 rings (SSSR count). The van der Waals surface area contributed by atoms with Crippen molar-refractivity contribution in [2.75, 3.05) is 7.11 Å². The van der Waals surface area contributed by atoms with Crippen LogP contribution in [-0.2, 0) is 4.74 Å². The van der Waals surface area contributed by atoms with Gasteiger partial charge in [-0.25, -0.2) is 4.79 Å². The van der Waals surface area contributed by atoms with Gasteiger partial charge in [0.05, 0.1) is 7.11 Å². The van der Waals surface area contributed by atoms with E-state index in [4.69, 9.17) is 5.26 Å². The number of nitrogens with zero attached hydrogens (tertiary/aromatic N) is 1. The number of rotatable bonds is 1. The molecular formula is C9H8N2O3. The third-order valence-corrected chi connectivity index (χ3v) is 1.75. The topological polar surface area (TPSA) is 82.9 Å². The van der Waals surface area contributed by atoms with Crippen LogP contribution in [0.1, 0.15) is 21.6 Å². The molecule has 0 spiro atoms. The van der Waals surface area contributed by atoms with Gasteiger partial charge in [-0.2, -0.15) is 5.26 Å². The molecule has 0 saturated heterocycles. The highest BCUT2D eigenvalue weighted by Gasteiger charge is 2.10. The molecule has 0 aliphatic carbocycles. The fourth-order valence-electron chi connectivity index (χ4n) is 1.05. The van der Waals surface area contributed by atoms with E-state index in [2.05, 4.69) is 9.72 Å². The van der Waals surface area contributed by atoms with Crippen molar-refractivity contribution in [2.24, 2.45) is 0 Å². The summed E-state index contributed by atoms with van der Waals surface area (Å²) in [6.07, 6.45) is 0. The van der Waals surface area contributed by atoms with Gasteiger partial charge in [0.25, 0.3) is 5.56 Å². The fourth-order valence-corrected chi connectivity index (χ4v) is 1.05. The van der Waals surface area contributed by atoms with Gasteiger partial charge in [0.15, 0.2) is 0 Å². The number of aryl methyl sites for hydroxylation is 1. The predicted octanol–water partition coefficient (Wildman–Crippen LogP) is 0.342. The van der Waals surface area contributed by atoms with Crippen molar-refractivity contribution in [2.45, 2.75) is 6.92 Å². The van der Waals surface area contributed by atoms with Gasteiger partial charge < -0.3 is 9.72 Å². The molecule has 0 unspecified atom stereocenters. The Kier molecular flexibility index (Phi) is 2.67. The van der Waals surface area contributed by atoms with Gasteiger partial charge in [-0.15, -0.1) is 0 Å². The van der Waals surface area contributed by atoms with Crippen molar-refractivity contribution in [3.05, 3.63) is 33.2 Å². The van der Waals surface area contributed by atoms with Gasteiger partial charge in [-0.05, 0) is 18.6 Å². The van der Waals surface area contributed by atoms with E-state index in [0.717, 1.165) is 0 Å². The number of pyridine rings is 1. The van der Waals surface area contributed by atoms with Crippen LogP contribution in [0.3, 0.4) is 0 Å². The molecule has 0 aromatic carbocycles. The van der Waals surface area contributed by atoms with Crippen LogP contribution in [0.4, 0.5) is 0 Å². The lowest BCUT2D eigenvalue weighted by molar-refractivity contribution is 0.0593. The largest absolute Gasteiger partial charge is 0.464 e. The monoisotopic (exact) mass is 192 g/mol. The third kappa shape index (κ3) is 1.64. The second kappa shape index (κ2) is 3.75. The van der Waals surface area contributed by atoms with Crippen molar-refractivity contribution in [3.63, 3.8) is 0 Å². The number of ether oxygens (including phenoxy) is 1. The first kappa shape index (κ1) is 9.99. The molecule has 5 heteroatoms. The third-order valence-electron chi connectivity index (χ3n) is 1.75. The fraction of sp³-hybridized carbons (Fsp3) is 0.222. The zero-order valence-electron chi connectivity index (χ0n) is 7.75. The molecule has 1 aromatic heterocycles. The van der Waals surface area contributed by atoms with Gasteiger partial charge in [0.2, 0.25) is 0 Å². The molecule has 0 bridgehead atoms. The molecule has 1 aromatic rings. The lowest BCUT2D eigenvalue weighted by Crippen LogP contribution is -2.17. The van der Waals surface area contributed by atoms with E-state index in [-0.39, 0.29) is 11.3 Å². The summed E-state index contributed by atoms with van der Waals surface area (Å²) in [6, 6.07) is 3.16. The average molecular weight is 192 g/mol. The average Bonchev–Trinajstić information content (AvgIpc) is 2.16. The Hall–Kier alpha value is -2.09. The maximum Gasteiger partial charge on any atom is 0.354 e. The minimum Gasteiger partial charge on any atom is -0.464 e. The van der Waals surface area contributed by atoms with E-state index in [1.807, 2.05) is 0 Å². The smallest absolute Gasteiger partial charge is 0.354 e. The van der Waals surface area contributed by atoms with Crippen LogP contribution in [0.2, 0.25) is 0 Å². The molecule has 1 heterocycles. The second-order valence-electron chi connectivity index (χ2n) is 2.67. The van der Waals surface area contributed by atoms with E-state index in [9.17, 15) is 9.59 Å².